The maximum atomic E-state index is 2.28. The lowest BCUT2D eigenvalue weighted by Crippen LogP contribution is -3.00. The molecule has 190 valence electrons. The van der Waals surface area contributed by atoms with Crippen molar-refractivity contribution in [2.45, 2.75) is 25.9 Å². The van der Waals surface area contributed by atoms with Crippen molar-refractivity contribution < 1.29 is 78.7 Å². The second kappa shape index (κ2) is 18.7. The lowest BCUT2D eigenvalue weighted by molar-refractivity contribution is -0.873. The van der Waals surface area contributed by atoms with Crippen LogP contribution >= 0.6 is 0 Å². The summed E-state index contributed by atoms with van der Waals surface area (Å²) in [6, 6.07) is 8.90. The molecule has 0 unspecified atom stereocenters. The van der Waals surface area contributed by atoms with E-state index in [1.54, 1.807) is 0 Å². The summed E-state index contributed by atoms with van der Waals surface area (Å²) in [5, 5.41) is 0. The zero-order chi connectivity index (χ0) is 19.2. The van der Waals surface area contributed by atoms with E-state index in [2.05, 4.69) is 100 Å². The van der Waals surface area contributed by atoms with Crippen LogP contribution in [-0.4, -0.2) is 75.3 Å². The summed E-state index contributed by atoms with van der Waals surface area (Å²) in [7, 11) is 13.5. The normalized spacial score (nSPS) is 10.1. The summed E-state index contributed by atoms with van der Waals surface area (Å²) in [6.07, 6.45) is 11.2. The second-order valence-corrected chi connectivity index (χ2v) is 9.38. The minimum atomic E-state index is 0. The van der Waals surface area contributed by atoms with Gasteiger partial charge in [-0.3, -0.25) is 0 Å². The summed E-state index contributed by atoms with van der Waals surface area (Å²) in [5.74, 6) is 0. The van der Waals surface area contributed by atoms with Crippen molar-refractivity contribution in [3.63, 3.8) is 0 Å². The standard InChI is InChI=1S/C22H38N4.4ClH.2H2O/c1-25(2,3)19-7-13-23-15-9-21(10-16-23)22-11-17-24(18-12-22)14-8-20-26(4,5)6;;;;;;/h9-12,15-18H,7-8,13-14,19-20H2,1-6H3;4*1H;2*1H2/q+4;;;;;;/p-4. The third-order valence-corrected chi connectivity index (χ3v) is 4.61. The van der Waals surface area contributed by atoms with Gasteiger partial charge in [0.25, 0.3) is 0 Å². The molecule has 0 atom stereocenters. The maximum absolute atomic E-state index is 2.28. The van der Waals surface area contributed by atoms with Crippen LogP contribution in [0.5, 0.6) is 0 Å². The van der Waals surface area contributed by atoms with Gasteiger partial charge in [0.2, 0.25) is 0 Å². The monoisotopic (exact) mass is 534 g/mol. The highest BCUT2D eigenvalue weighted by atomic mass is 35.5. The first-order valence-electron chi connectivity index (χ1n) is 9.72. The van der Waals surface area contributed by atoms with Crippen LogP contribution in [0.3, 0.4) is 0 Å². The second-order valence-electron chi connectivity index (χ2n) is 9.38. The van der Waals surface area contributed by atoms with E-state index in [-0.39, 0.29) is 60.6 Å². The van der Waals surface area contributed by atoms with Gasteiger partial charge < -0.3 is 69.5 Å². The molecule has 0 aromatic carbocycles. The Morgan fingerprint density at radius 1 is 0.531 bits per heavy atom. The van der Waals surface area contributed by atoms with Gasteiger partial charge in [-0.2, -0.15) is 0 Å². The number of halogens is 4. The zero-order valence-electron chi connectivity index (χ0n) is 20.2. The highest BCUT2D eigenvalue weighted by Crippen LogP contribution is 2.15. The van der Waals surface area contributed by atoms with Crippen molar-refractivity contribution in [2.24, 2.45) is 0 Å². The van der Waals surface area contributed by atoms with E-state index < -0.39 is 0 Å². The number of pyridine rings is 2. The molecule has 0 bridgehead atoms. The van der Waals surface area contributed by atoms with E-state index >= 15 is 0 Å². The van der Waals surface area contributed by atoms with Crippen LogP contribution < -0.4 is 58.8 Å². The summed E-state index contributed by atoms with van der Waals surface area (Å²) in [4.78, 5) is 0. The van der Waals surface area contributed by atoms with E-state index in [0.29, 0.717) is 0 Å². The minimum Gasteiger partial charge on any atom is -1.00 e. The van der Waals surface area contributed by atoms with Crippen molar-refractivity contribution in [3.8, 4) is 11.1 Å². The molecule has 32 heavy (non-hydrogen) atoms. The quantitative estimate of drug-likeness (QED) is 0.226. The van der Waals surface area contributed by atoms with Gasteiger partial charge in [0.05, 0.1) is 68.2 Å². The zero-order valence-corrected chi connectivity index (χ0v) is 23.2. The van der Waals surface area contributed by atoms with Crippen LogP contribution in [0.25, 0.3) is 11.1 Å². The van der Waals surface area contributed by atoms with Crippen LogP contribution in [-0.2, 0) is 13.1 Å². The van der Waals surface area contributed by atoms with E-state index in [9.17, 15) is 0 Å². The number of hydrogen-bond acceptors (Lipinski definition) is 0. The minimum absolute atomic E-state index is 0. The smallest absolute Gasteiger partial charge is 0.169 e. The molecule has 2 aromatic rings. The maximum Gasteiger partial charge on any atom is 0.169 e. The molecule has 2 aromatic heterocycles. The molecule has 0 fully saturated rings. The molecule has 6 nitrogen and oxygen atoms in total. The summed E-state index contributed by atoms with van der Waals surface area (Å²) >= 11 is 0. The number of aromatic nitrogens is 2. The van der Waals surface area contributed by atoms with Gasteiger partial charge in [-0.25, -0.2) is 9.13 Å². The van der Waals surface area contributed by atoms with Gasteiger partial charge in [-0.05, 0) is 11.1 Å². The van der Waals surface area contributed by atoms with Crippen molar-refractivity contribution in [1.82, 2.24) is 0 Å². The third-order valence-electron chi connectivity index (χ3n) is 4.61. The molecule has 0 amide bonds. The Morgan fingerprint density at radius 2 is 0.781 bits per heavy atom. The first kappa shape index (κ1) is 41.5. The van der Waals surface area contributed by atoms with Crippen molar-refractivity contribution >= 4 is 0 Å². The first-order valence-corrected chi connectivity index (χ1v) is 9.72. The Bertz CT molecular complexity index is 628. The van der Waals surface area contributed by atoms with Crippen LogP contribution in [0.4, 0.5) is 0 Å². The van der Waals surface area contributed by atoms with E-state index in [4.69, 9.17) is 0 Å². The Morgan fingerprint density at radius 3 is 1.00 bits per heavy atom. The summed E-state index contributed by atoms with van der Waals surface area (Å²) in [6.45, 7) is 4.55. The van der Waals surface area contributed by atoms with Crippen LogP contribution in [0, 0.1) is 0 Å². The molecule has 4 N–H and O–H groups in total. The van der Waals surface area contributed by atoms with Crippen molar-refractivity contribution in [3.05, 3.63) is 49.1 Å². The lowest BCUT2D eigenvalue weighted by atomic mass is 10.1. The Kier molecular flexibility index (Phi) is 24.3. The molecular weight excluding hydrogens is 494 g/mol. The number of rotatable bonds is 9. The average Bonchev–Trinajstić information content (AvgIpc) is 2.54. The number of nitrogens with zero attached hydrogens (tertiary/aromatic N) is 4. The van der Waals surface area contributed by atoms with Gasteiger partial charge in [0.15, 0.2) is 37.9 Å². The molecule has 0 saturated carbocycles. The third kappa shape index (κ3) is 16.9. The van der Waals surface area contributed by atoms with Gasteiger partial charge in [0, 0.05) is 24.3 Å². The number of aryl methyl sites for hydroxylation is 2. The van der Waals surface area contributed by atoms with Crippen LogP contribution in [0.1, 0.15) is 12.8 Å². The predicted molar refractivity (Wildman–Crippen MR) is 115 cm³/mol. The van der Waals surface area contributed by atoms with Crippen molar-refractivity contribution in [2.75, 3.05) is 55.4 Å². The average molecular weight is 536 g/mol. The number of quaternary nitrogens is 2. The molecule has 0 saturated heterocycles. The van der Waals surface area contributed by atoms with Crippen molar-refractivity contribution in [1.29, 1.82) is 0 Å². The molecule has 0 aliphatic rings. The first-order chi connectivity index (χ1) is 12.1. The van der Waals surface area contributed by atoms with E-state index in [1.165, 1.54) is 37.1 Å². The fourth-order valence-corrected chi connectivity index (χ4v) is 3.05. The molecule has 0 radical (unpaired) electrons. The predicted octanol–water partition coefficient (Wildman–Crippen LogP) is -11.5. The fraction of sp³-hybridized carbons (Fsp3) is 0.545. The molecule has 2 heterocycles. The van der Waals surface area contributed by atoms with Crippen LogP contribution in [0.15, 0.2) is 49.1 Å². The largest absolute Gasteiger partial charge is 1.00 e. The molecule has 0 aliphatic carbocycles. The highest BCUT2D eigenvalue weighted by Gasteiger charge is 2.11. The summed E-state index contributed by atoms with van der Waals surface area (Å²) < 4.78 is 6.62. The van der Waals surface area contributed by atoms with Gasteiger partial charge in [0.1, 0.15) is 0 Å². The number of hydrogen-bond donors (Lipinski definition) is 0. The molecule has 0 aliphatic heterocycles. The van der Waals surface area contributed by atoms with Crippen LogP contribution in [0.2, 0.25) is 0 Å². The highest BCUT2D eigenvalue weighted by molar-refractivity contribution is 5.60. The molecule has 2 rings (SSSR count). The Labute approximate surface area is 219 Å². The van der Waals surface area contributed by atoms with Gasteiger partial charge >= 0.3 is 0 Å². The van der Waals surface area contributed by atoms with E-state index in [0.717, 1.165) is 22.1 Å². The molecule has 0 spiro atoms. The topological polar surface area (TPSA) is 70.8 Å². The van der Waals surface area contributed by atoms with Gasteiger partial charge in [-0.15, -0.1) is 0 Å². The Balaban J connectivity index is -0.000000405. The summed E-state index contributed by atoms with van der Waals surface area (Å²) in [5.41, 5.74) is 2.57. The molecule has 10 heteroatoms. The Hall–Kier alpha value is -0.700. The SMILES string of the molecule is C[N+](C)(C)CCC[n+]1ccc(-c2cc[n+](CCC[N+](C)(C)C)cc2)cc1.O.O.[Cl-].[Cl-].[Cl-].[Cl-]. The van der Waals surface area contributed by atoms with Gasteiger partial charge in [-0.1, -0.05) is 0 Å². The molecular formula is C22H42Cl4N4O2. The fourth-order valence-electron chi connectivity index (χ4n) is 3.05. The van der Waals surface area contributed by atoms with E-state index in [1.807, 2.05) is 0 Å². The lowest BCUT2D eigenvalue weighted by Gasteiger charge is -2.22.